The summed E-state index contributed by atoms with van der Waals surface area (Å²) in [6.45, 7) is 0. The molecule has 3 nitrogen and oxygen atoms in total. The van der Waals surface area contributed by atoms with E-state index in [-0.39, 0.29) is 0 Å². The highest BCUT2D eigenvalue weighted by molar-refractivity contribution is 7.19. The van der Waals surface area contributed by atoms with Gasteiger partial charge in [0.15, 0.2) is 8.07 Å². The number of benzene rings is 11. The van der Waals surface area contributed by atoms with Crippen molar-refractivity contribution in [2.75, 3.05) is 4.90 Å². The number of aromatic nitrogens is 1. The summed E-state index contributed by atoms with van der Waals surface area (Å²) in [6.07, 6.45) is 0. The van der Waals surface area contributed by atoms with Gasteiger partial charge < -0.3 is 13.9 Å². The number of fused-ring (bicyclic) bond motifs is 6. The average molecular weight is 911 g/mol. The fourth-order valence-corrected chi connectivity index (χ4v) is 15.8. The second-order valence-electron chi connectivity index (χ2n) is 18.0. The van der Waals surface area contributed by atoms with Gasteiger partial charge in [0, 0.05) is 44.3 Å². The minimum Gasteiger partial charge on any atom is -0.456 e. The molecule has 2 heterocycles. The maximum atomic E-state index is 6.33. The van der Waals surface area contributed by atoms with E-state index in [0.717, 1.165) is 61.4 Å². The van der Waals surface area contributed by atoms with Crippen molar-refractivity contribution in [2.45, 2.75) is 0 Å². The molecule has 4 heteroatoms. The molecule has 0 fully saturated rings. The number of anilines is 3. The van der Waals surface area contributed by atoms with Crippen LogP contribution in [-0.2, 0) is 0 Å². The van der Waals surface area contributed by atoms with Crippen LogP contribution in [0.5, 0.6) is 0 Å². The first-order valence-electron chi connectivity index (χ1n) is 24.0. The molecule has 2 aromatic heterocycles. The molecule has 0 unspecified atom stereocenters. The van der Waals surface area contributed by atoms with Gasteiger partial charge in [-0.25, -0.2) is 0 Å². The Hall–Kier alpha value is -8.96. The maximum Gasteiger partial charge on any atom is 0.179 e. The maximum absolute atomic E-state index is 6.33. The van der Waals surface area contributed by atoms with Gasteiger partial charge in [-0.2, -0.15) is 0 Å². The Kier molecular flexibility index (Phi) is 10.2. The fourth-order valence-electron chi connectivity index (χ4n) is 11.1. The molecule has 0 amide bonds. The molecule has 0 aliphatic carbocycles. The molecule has 13 aromatic rings. The summed E-state index contributed by atoms with van der Waals surface area (Å²) in [7, 11) is -2.75. The number of para-hydroxylation sites is 3. The highest BCUT2D eigenvalue weighted by Crippen LogP contribution is 2.43. The molecule has 13 rings (SSSR count). The molecule has 11 aromatic carbocycles. The topological polar surface area (TPSA) is 21.3 Å². The van der Waals surface area contributed by atoms with Crippen molar-refractivity contribution in [3.8, 4) is 27.9 Å². The van der Waals surface area contributed by atoms with E-state index >= 15 is 0 Å². The zero-order valence-electron chi connectivity index (χ0n) is 38.4. The molecule has 0 bridgehead atoms. The van der Waals surface area contributed by atoms with E-state index < -0.39 is 8.07 Å². The Labute approximate surface area is 408 Å². The third kappa shape index (κ3) is 6.80. The Bertz CT molecular complexity index is 3880. The van der Waals surface area contributed by atoms with Crippen molar-refractivity contribution in [3.05, 3.63) is 279 Å². The molecular weight excluding hydrogens is 865 g/mol. The smallest absolute Gasteiger partial charge is 0.179 e. The Morgan fingerprint density at radius 3 is 1.46 bits per heavy atom. The predicted octanol–water partition coefficient (Wildman–Crippen LogP) is 14.9. The van der Waals surface area contributed by atoms with Gasteiger partial charge in [-0.15, -0.1) is 0 Å². The molecule has 0 radical (unpaired) electrons. The van der Waals surface area contributed by atoms with Crippen molar-refractivity contribution in [1.29, 1.82) is 0 Å². The number of hydrogen-bond donors (Lipinski definition) is 0. The van der Waals surface area contributed by atoms with E-state index in [1.54, 1.807) is 0 Å². The Morgan fingerprint density at radius 2 is 0.800 bits per heavy atom. The van der Waals surface area contributed by atoms with Gasteiger partial charge >= 0.3 is 0 Å². The molecular formula is C66H46N2OSi. The molecule has 0 spiro atoms. The summed E-state index contributed by atoms with van der Waals surface area (Å²) in [5.74, 6) is 0. The van der Waals surface area contributed by atoms with E-state index in [2.05, 4.69) is 276 Å². The molecule has 0 N–H and O–H groups in total. The van der Waals surface area contributed by atoms with Crippen molar-refractivity contribution < 1.29 is 4.42 Å². The standard InChI is InChI=1S/C66H46N2OSi/c1-5-21-49(22-6-1)68-61-34-15-13-30-59(61)65-58(32-18-35-62(65)68)48-20-17-23-52(46-48)67(50-40-38-47(39-41-50)57-33-19-37-64-66(57)60-31-14-16-36-63(60)69-64)51-42-44-56(45-43-51)70(53-24-7-2-8-25-53,54-26-9-3-10-27-54)55-28-11-4-12-29-55/h1-46H. The molecule has 0 atom stereocenters. The largest absolute Gasteiger partial charge is 0.456 e. The van der Waals surface area contributed by atoms with Crippen molar-refractivity contribution in [2.24, 2.45) is 0 Å². The summed E-state index contributed by atoms with van der Waals surface area (Å²) in [4.78, 5) is 2.41. The summed E-state index contributed by atoms with van der Waals surface area (Å²) in [5.41, 5.74) is 13.2. The molecule has 330 valence electrons. The van der Waals surface area contributed by atoms with Gasteiger partial charge in [0.05, 0.1) is 11.0 Å². The zero-order chi connectivity index (χ0) is 46.4. The van der Waals surface area contributed by atoms with Crippen LogP contribution in [-0.4, -0.2) is 12.6 Å². The minimum atomic E-state index is -2.75. The van der Waals surface area contributed by atoms with Crippen LogP contribution in [0.3, 0.4) is 0 Å². The van der Waals surface area contributed by atoms with Gasteiger partial charge in [-0.3, -0.25) is 0 Å². The van der Waals surface area contributed by atoms with Crippen LogP contribution in [0.4, 0.5) is 17.1 Å². The number of rotatable bonds is 10. The van der Waals surface area contributed by atoms with Crippen LogP contribution in [0.15, 0.2) is 283 Å². The molecule has 0 aliphatic heterocycles. The molecule has 0 saturated heterocycles. The normalized spacial score (nSPS) is 11.7. The third-order valence-electron chi connectivity index (χ3n) is 14.1. The van der Waals surface area contributed by atoms with E-state index in [4.69, 9.17) is 4.42 Å². The summed E-state index contributed by atoms with van der Waals surface area (Å²) in [6, 6.07) is 102. The predicted molar refractivity (Wildman–Crippen MR) is 297 cm³/mol. The first-order chi connectivity index (χ1) is 34.7. The number of hydrogen-bond acceptors (Lipinski definition) is 2. The van der Waals surface area contributed by atoms with E-state index in [1.165, 1.54) is 48.1 Å². The lowest BCUT2D eigenvalue weighted by atomic mass is 9.98. The number of furan rings is 1. The SMILES string of the molecule is c1ccc(-n2c3ccccc3c3c(-c4cccc(N(c5ccc(-c6cccc7oc8ccccc8c67)cc5)c5ccc([Si](c6ccccc6)(c6ccccc6)c6ccccc6)cc5)c4)cccc32)cc1. The van der Waals surface area contributed by atoms with Gasteiger partial charge in [0.1, 0.15) is 11.2 Å². The lowest BCUT2D eigenvalue weighted by Crippen LogP contribution is -2.74. The summed E-state index contributed by atoms with van der Waals surface area (Å²) >= 11 is 0. The van der Waals surface area contributed by atoms with Gasteiger partial charge in [0.2, 0.25) is 0 Å². The minimum absolute atomic E-state index is 0.893. The summed E-state index contributed by atoms with van der Waals surface area (Å²) < 4.78 is 8.72. The van der Waals surface area contributed by atoms with E-state index in [9.17, 15) is 0 Å². The average Bonchev–Trinajstić information content (AvgIpc) is 4.00. The lowest BCUT2D eigenvalue weighted by molar-refractivity contribution is 0.669. The van der Waals surface area contributed by atoms with Gasteiger partial charge in [-0.1, -0.05) is 206 Å². The van der Waals surface area contributed by atoms with Crippen LogP contribution >= 0.6 is 0 Å². The van der Waals surface area contributed by atoms with Crippen LogP contribution in [0, 0.1) is 0 Å². The zero-order valence-corrected chi connectivity index (χ0v) is 39.4. The van der Waals surface area contributed by atoms with Crippen LogP contribution < -0.4 is 25.6 Å². The van der Waals surface area contributed by atoms with E-state index in [1.807, 2.05) is 12.1 Å². The monoisotopic (exact) mass is 910 g/mol. The highest BCUT2D eigenvalue weighted by Gasteiger charge is 2.41. The summed E-state index contributed by atoms with van der Waals surface area (Å²) in [5, 5.41) is 10.1. The molecule has 0 aliphatic rings. The fraction of sp³-hybridized carbons (Fsp3) is 0. The second-order valence-corrected chi connectivity index (χ2v) is 21.8. The van der Waals surface area contributed by atoms with Crippen molar-refractivity contribution in [3.63, 3.8) is 0 Å². The number of nitrogens with zero attached hydrogens (tertiary/aromatic N) is 2. The van der Waals surface area contributed by atoms with E-state index in [0.29, 0.717) is 0 Å². The second kappa shape index (κ2) is 17.3. The molecule has 0 saturated carbocycles. The lowest BCUT2D eigenvalue weighted by Gasteiger charge is -2.35. The quantitative estimate of drug-likeness (QED) is 0.101. The first-order valence-corrected chi connectivity index (χ1v) is 26.0. The molecule has 70 heavy (non-hydrogen) atoms. The highest BCUT2D eigenvalue weighted by atomic mass is 28.3. The Morgan fingerprint density at radius 1 is 0.314 bits per heavy atom. The van der Waals surface area contributed by atoms with Gasteiger partial charge in [-0.05, 0) is 116 Å². The van der Waals surface area contributed by atoms with Crippen molar-refractivity contribution >= 4 is 89.6 Å². The third-order valence-corrected chi connectivity index (χ3v) is 18.9. The van der Waals surface area contributed by atoms with Crippen LogP contribution in [0.2, 0.25) is 0 Å². The van der Waals surface area contributed by atoms with Crippen LogP contribution in [0.1, 0.15) is 0 Å². The Balaban J connectivity index is 0.990. The van der Waals surface area contributed by atoms with Crippen molar-refractivity contribution in [1.82, 2.24) is 4.57 Å². The van der Waals surface area contributed by atoms with Crippen LogP contribution in [0.25, 0.3) is 71.7 Å². The van der Waals surface area contributed by atoms with Gasteiger partial charge in [0.25, 0.3) is 0 Å². The first kappa shape index (κ1) is 41.2.